The standard InChI is InChI=1S/C23H30N2O2/c1-17-8-4-5-9-20(17)16-22(26)24-21-14-18(2)23(19(3)15-21)27-13-12-25-10-6-7-11-25/h4-5,8-9,14-15H,6-7,10-13,16H2,1-3H3,(H,24,26). The first-order valence-electron chi connectivity index (χ1n) is 9.83. The van der Waals surface area contributed by atoms with Crippen LogP contribution in [0.15, 0.2) is 36.4 Å². The van der Waals surface area contributed by atoms with Crippen LogP contribution in [0, 0.1) is 20.8 Å². The van der Waals surface area contributed by atoms with Crippen LogP contribution in [0.4, 0.5) is 5.69 Å². The van der Waals surface area contributed by atoms with Crippen molar-refractivity contribution in [1.29, 1.82) is 0 Å². The van der Waals surface area contributed by atoms with E-state index in [9.17, 15) is 4.79 Å². The molecule has 2 aromatic rings. The minimum absolute atomic E-state index is 0.00537. The highest BCUT2D eigenvalue weighted by molar-refractivity contribution is 5.92. The Bertz CT molecular complexity index is 772. The number of benzene rings is 2. The summed E-state index contributed by atoms with van der Waals surface area (Å²) in [6.45, 7) is 10.2. The number of nitrogens with one attached hydrogen (secondary N) is 1. The molecule has 1 amide bonds. The Labute approximate surface area is 162 Å². The minimum atomic E-state index is 0.00537. The van der Waals surface area contributed by atoms with E-state index in [1.165, 1.54) is 25.9 Å². The first-order valence-corrected chi connectivity index (χ1v) is 9.83. The molecular formula is C23H30N2O2. The number of carbonyl (C=O) groups excluding carboxylic acids is 1. The Morgan fingerprint density at radius 3 is 2.37 bits per heavy atom. The van der Waals surface area contributed by atoms with Gasteiger partial charge in [0.05, 0.1) is 6.42 Å². The maximum Gasteiger partial charge on any atom is 0.228 e. The number of carbonyl (C=O) groups is 1. The summed E-state index contributed by atoms with van der Waals surface area (Å²) in [6.07, 6.45) is 2.99. The van der Waals surface area contributed by atoms with E-state index in [2.05, 4.69) is 10.2 Å². The zero-order chi connectivity index (χ0) is 19.2. The highest BCUT2D eigenvalue weighted by Gasteiger charge is 2.13. The summed E-state index contributed by atoms with van der Waals surface area (Å²) >= 11 is 0. The molecule has 4 nitrogen and oxygen atoms in total. The predicted molar refractivity (Wildman–Crippen MR) is 111 cm³/mol. The number of rotatable bonds is 7. The van der Waals surface area contributed by atoms with Crippen molar-refractivity contribution in [2.24, 2.45) is 0 Å². The van der Waals surface area contributed by atoms with Crippen molar-refractivity contribution in [3.05, 3.63) is 58.7 Å². The summed E-state index contributed by atoms with van der Waals surface area (Å²) < 4.78 is 6.05. The van der Waals surface area contributed by atoms with E-state index in [1.54, 1.807) is 0 Å². The van der Waals surface area contributed by atoms with E-state index in [1.807, 2.05) is 57.2 Å². The van der Waals surface area contributed by atoms with Crippen molar-refractivity contribution >= 4 is 11.6 Å². The molecule has 1 aliphatic rings. The largest absolute Gasteiger partial charge is 0.492 e. The van der Waals surface area contributed by atoms with Gasteiger partial charge < -0.3 is 10.1 Å². The molecule has 1 heterocycles. The van der Waals surface area contributed by atoms with Crippen LogP contribution in [0.25, 0.3) is 0 Å². The van der Waals surface area contributed by atoms with Gasteiger partial charge in [0.15, 0.2) is 0 Å². The summed E-state index contributed by atoms with van der Waals surface area (Å²) in [5, 5.41) is 3.02. The number of likely N-dealkylation sites (tertiary alicyclic amines) is 1. The molecule has 1 aliphatic heterocycles. The van der Waals surface area contributed by atoms with Crippen LogP contribution in [0.2, 0.25) is 0 Å². The molecule has 4 heteroatoms. The van der Waals surface area contributed by atoms with Gasteiger partial charge in [-0.25, -0.2) is 0 Å². The molecule has 0 radical (unpaired) electrons. The van der Waals surface area contributed by atoms with Gasteiger partial charge >= 0.3 is 0 Å². The lowest BCUT2D eigenvalue weighted by molar-refractivity contribution is -0.115. The number of hydrogen-bond acceptors (Lipinski definition) is 3. The second kappa shape index (κ2) is 9.05. The van der Waals surface area contributed by atoms with Gasteiger partial charge in [-0.05, 0) is 81.1 Å². The van der Waals surface area contributed by atoms with Crippen molar-refractivity contribution in [3.63, 3.8) is 0 Å². The lowest BCUT2D eigenvalue weighted by atomic mass is 10.1. The molecule has 0 unspecified atom stereocenters. The van der Waals surface area contributed by atoms with Crippen molar-refractivity contribution in [1.82, 2.24) is 4.90 Å². The van der Waals surface area contributed by atoms with Gasteiger partial charge in [0.1, 0.15) is 12.4 Å². The minimum Gasteiger partial charge on any atom is -0.492 e. The third-order valence-corrected chi connectivity index (χ3v) is 5.21. The molecule has 3 rings (SSSR count). The van der Waals surface area contributed by atoms with Gasteiger partial charge in [-0.2, -0.15) is 0 Å². The molecule has 0 aromatic heterocycles. The summed E-state index contributed by atoms with van der Waals surface area (Å²) in [4.78, 5) is 14.9. The van der Waals surface area contributed by atoms with E-state index in [0.29, 0.717) is 13.0 Å². The Hall–Kier alpha value is -2.33. The van der Waals surface area contributed by atoms with Gasteiger partial charge in [-0.15, -0.1) is 0 Å². The third kappa shape index (κ3) is 5.33. The average molecular weight is 367 g/mol. The summed E-state index contributed by atoms with van der Waals surface area (Å²) in [5.74, 6) is 0.942. The van der Waals surface area contributed by atoms with Gasteiger partial charge in [0.25, 0.3) is 0 Å². The molecule has 0 bridgehead atoms. The Balaban J connectivity index is 1.58. The van der Waals surface area contributed by atoms with Crippen LogP contribution in [0.3, 0.4) is 0 Å². The van der Waals surface area contributed by atoms with E-state index < -0.39 is 0 Å². The molecule has 1 fully saturated rings. The Kier molecular flexibility index (Phi) is 6.51. The monoisotopic (exact) mass is 366 g/mol. The second-order valence-corrected chi connectivity index (χ2v) is 7.49. The van der Waals surface area contributed by atoms with Crippen LogP contribution < -0.4 is 10.1 Å². The van der Waals surface area contributed by atoms with Crippen LogP contribution in [-0.4, -0.2) is 37.0 Å². The predicted octanol–water partition coefficient (Wildman–Crippen LogP) is 4.27. The van der Waals surface area contributed by atoms with Crippen LogP contribution >= 0.6 is 0 Å². The topological polar surface area (TPSA) is 41.6 Å². The fourth-order valence-corrected chi connectivity index (χ4v) is 3.72. The van der Waals surface area contributed by atoms with Gasteiger partial charge in [0, 0.05) is 12.2 Å². The fraction of sp³-hybridized carbons (Fsp3) is 0.435. The first-order chi connectivity index (χ1) is 13.0. The molecule has 0 aliphatic carbocycles. The number of aryl methyl sites for hydroxylation is 3. The lowest BCUT2D eigenvalue weighted by Crippen LogP contribution is -2.25. The zero-order valence-corrected chi connectivity index (χ0v) is 16.7. The molecule has 27 heavy (non-hydrogen) atoms. The summed E-state index contributed by atoms with van der Waals surface area (Å²) in [6, 6.07) is 12.0. The number of ether oxygens (including phenoxy) is 1. The maximum atomic E-state index is 12.4. The molecule has 2 aromatic carbocycles. The number of nitrogens with zero attached hydrogens (tertiary/aromatic N) is 1. The molecule has 0 saturated carbocycles. The van der Waals surface area contributed by atoms with E-state index in [4.69, 9.17) is 4.74 Å². The van der Waals surface area contributed by atoms with Crippen LogP contribution in [0.5, 0.6) is 5.75 Å². The van der Waals surface area contributed by atoms with E-state index >= 15 is 0 Å². The van der Waals surface area contributed by atoms with Crippen molar-refractivity contribution in [3.8, 4) is 5.75 Å². The molecular weight excluding hydrogens is 336 g/mol. The summed E-state index contributed by atoms with van der Waals surface area (Å²) in [5.41, 5.74) is 5.15. The van der Waals surface area contributed by atoms with Crippen LogP contribution in [0.1, 0.15) is 35.1 Å². The molecule has 144 valence electrons. The fourth-order valence-electron chi connectivity index (χ4n) is 3.72. The van der Waals surface area contributed by atoms with E-state index in [0.717, 1.165) is 40.2 Å². The Morgan fingerprint density at radius 1 is 1.04 bits per heavy atom. The van der Waals surface area contributed by atoms with Crippen molar-refractivity contribution < 1.29 is 9.53 Å². The van der Waals surface area contributed by atoms with Gasteiger partial charge in [-0.1, -0.05) is 24.3 Å². The second-order valence-electron chi connectivity index (χ2n) is 7.49. The van der Waals surface area contributed by atoms with E-state index in [-0.39, 0.29) is 5.91 Å². The zero-order valence-electron chi connectivity index (χ0n) is 16.7. The highest BCUT2D eigenvalue weighted by atomic mass is 16.5. The quantitative estimate of drug-likeness (QED) is 0.796. The molecule has 0 atom stereocenters. The highest BCUT2D eigenvalue weighted by Crippen LogP contribution is 2.27. The SMILES string of the molecule is Cc1ccccc1CC(=O)Nc1cc(C)c(OCCN2CCCC2)c(C)c1. The molecule has 1 N–H and O–H groups in total. The normalized spacial score (nSPS) is 14.3. The average Bonchev–Trinajstić information content (AvgIpc) is 3.13. The van der Waals surface area contributed by atoms with Gasteiger partial charge in [-0.3, -0.25) is 9.69 Å². The molecule has 1 saturated heterocycles. The number of amides is 1. The first kappa shape index (κ1) is 19.4. The maximum absolute atomic E-state index is 12.4. The molecule has 0 spiro atoms. The Morgan fingerprint density at radius 2 is 1.70 bits per heavy atom. The van der Waals surface area contributed by atoms with Gasteiger partial charge in [0.2, 0.25) is 5.91 Å². The van der Waals surface area contributed by atoms with Crippen LogP contribution in [-0.2, 0) is 11.2 Å². The van der Waals surface area contributed by atoms with Crippen molar-refractivity contribution in [2.75, 3.05) is 31.6 Å². The lowest BCUT2D eigenvalue weighted by Gasteiger charge is -2.18. The third-order valence-electron chi connectivity index (χ3n) is 5.21. The summed E-state index contributed by atoms with van der Waals surface area (Å²) in [7, 11) is 0. The number of anilines is 1. The number of hydrogen-bond donors (Lipinski definition) is 1. The van der Waals surface area contributed by atoms with Crippen molar-refractivity contribution in [2.45, 2.75) is 40.0 Å². The smallest absolute Gasteiger partial charge is 0.228 e.